The minimum Gasteiger partial charge on any atom is -0.493 e. The Morgan fingerprint density at radius 1 is 1.19 bits per heavy atom. The van der Waals surface area contributed by atoms with Crippen LogP contribution in [-0.4, -0.2) is 51.3 Å². The average Bonchev–Trinajstić information content (AvgIpc) is 3.14. The van der Waals surface area contributed by atoms with E-state index in [-0.39, 0.29) is 17.5 Å². The summed E-state index contributed by atoms with van der Waals surface area (Å²) in [5, 5.41) is 15.1. The van der Waals surface area contributed by atoms with Gasteiger partial charge in [0, 0.05) is 30.2 Å². The number of likely N-dealkylation sites (tertiary alicyclic amines) is 1. The van der Waals surface area contributed by atoms with Crippen molar-refractivity contribution >= 4 is 11.7 Å². The molecule has 3 unspecified atom stereocenters. The van der Waals surface area contributed by atoms with Crippen molar-refractivity contribution in [1.29, 1.82) is 5.26 Å². The van der Waals surface area contributed by atoms with Crippen molar-refractivity contribution in [2.45, 2.75) is 30.7 Å². The van der Waals surface area contributed by atoms with E-state index in [2.05, 4.69) is 40.8 Å². The summed E-state index contributed by atoms with van der Waals surface area (Å²) in [6.45, 7) is 1.99. The SMILES string of the molecule is COc1ccc(C23CCC(NC(=O)Nc4cccc(C#N)c4)CC2CN(C)C3)cc1OC. The zero-order chi connectivity index (χ0) is 22.7. The molecule has 1 aliphatic heterocycles. The standard InChI is InChI=1S/C25H30N4O3/c1-29-15-19-12-21(28-24(30)27-20-6-4-5-17(11-20)14-26)9-10-25(19,16-29)18-7-8-22(31-2)23(13-18)32-3/h4-8,11,13,19,21H,9-10,12,15-16H2,1-3H3,(H2,27,28,30). The lowest BCUT2D eigenvalue weighted by Gasteiger charge is -2.42. The molecule has 0 bridgehead atoms. The molecule has 2 fully saturated rings. The largest absolute Gasteiger partial charge is 0.493 e. The number of nitrogens with zero attached hydrogens (tertiary/aromatic N) is 2. The Morgan fingerprint density at radius 3 is 2.75 bits per heavy atom. The molecule has 1 saturated carbocycles. The first-order valence-corrected chi connectivity index (χ1v) is 11.0. The van der Waals surface area contributed by atoms with Crippen LogP contribution < -0.4 is 20.1 Å². The Hall–Kier alpha value is -3.24. The van der Waals surface area contributed by atoms with Gasteiger partial charge < -0.3 is 25.0 Å². The monoisotopic (exact) mass is 434 g/mol. The normalized spacial score (nSPS) is 24.8. The number of fused-ring (bicyclic) bond motifs is 1. The quantitative estimate of drug-likeness (QED) is 0.749. The minimum absolute atomic E-state index is 0.0457. The summed E-state index contributed by atoms with van der Waals surface area (Å²) in [5.74, 6) is 1.93. The first-order chi connectivity index (χ1) is 15.5. The van der Waals surface area contributed by atoms with Gasteiger partial charge in [0.1, 0.15) is 0 Å². The second-order valence-electron chi connectivity index (χ2n) is 8.88. The van der Waals surface area contributed by atoms with Crippen LogP contribution in [0.3, 0.4) is 0 Å². The number of hydrogen-bond acceptors (Lipinski definition) is 5. The third-order valence-electron chi connectivity index (χ3n) is 6.92. The van der Waals surface area contributed by atoms with E-state index in [4.69, 9.17) is 14.7 Å². The van der Waals surface area contributed by atoms with Crippen molar-refractivity contribution in [1.82, 2.24) is 10.2 Å². The van der Waals surface area contributed by atoms with Gasteiger partial charge in [0.25, 0.3) is 0 Å². The molecule has 2 aromatic rings. The fraction of sp³-hybridized carbons (Fsp3) is 0.440. The Balaban J connectivity index is 1.47. The van der Waals surface area contributed by atoms with Crippen LogP contribution in [0.2, 0.25) is 0 Å². The summed E-state index contributed by atoms with van der Waals surface area (Å²) in [7, 11) is 5.49. The fourth-order valence-electron chi connectivity index (χ4n) is 5.47. The average molecular weight is 435 g/mol. The van der Waals surface area contributed by atoms with Crippen molar-refractivity contribution in [2.24, 2.45) is 5.92 Å². The molecule has 3 atom stereocenters. The van der Waals surface area contributed by atoms with Gasteiger partial charge in [0.05, 0.1) is 25.9 Å². The van der Waals surface area contributed by atoms with Crippen molar-refractivity contribution in [2.75, 3.05) is 39.7 Å². The first kappa shape index (κ1) is 22.0. The molecule has 2 amide bonds. The lowest BCUT2D eigenvalue weighted by molar-refractivity contribution is 0.197. The number of benzene rings is 2. The van der Waals surface area contributed by atoms with Crippen LogP contribution in [0, 0.1) is 17.2 Å². The predicted molar refractivity (Wildman–Crippen MR) is 123 cm³/mol. The van der Waals surface area contributed by atoms with Crippen LogP contribution in [0.5, 0.6) is 11.5 Å². The van der Waals surface area contributed by atoms with Crippen LogP contribution in [0.15, 0.2) is 42.5 Å². The molecule has 168 valence electrons. The zero-order valence-corrected chi connectivity index (χ0v) is 18.9. The van der Waals surface area contributed by atoms with Crippen LogP contribution in [0.4, 0.5) is 10.5 Å². The van der Waals surface area contributed by atoms with Crippen LogP contribution >= 0.6 is 0 Å². The molecule has 7 heteroatoms. The fourth-order valence-corrected chi connectivity index (χ4v) is 5.47. The van der Waals surface area contributed by atoms with Crippen molar-refractivity contribution in [3.05, 3.63) is 53.6 Å². The van der Waals surface area contributed by atoms with Crippen LogP contribution in [0.1, 0.15) is 30.4 Å². The molecule has 4 rings (SSSR count). The van der Waals surface area contributed by atoms with Crippen LogP contribution in [0.25, 0.3) is 0 Å². The molecule has 0 spiro atoms. The molecule has 1 heterocycles. The van der Waals surface area contributed by atoms with Gasteiger partial charge in [0.2, 0.25) is 0 Å². The summed E-state index contributed by atoms with van der Waals surface area (Å²) in [4.78, 5) is 15.0. The topological polar surface area (TPSA) is 86.6 Å². The number of carbonyl (C=O) groups excluding carboxylic acids is 1. The third kappa shape index (κ3) is 4.23. The number of amides is 2. The molecular weight excluding hydrogens is 404 g/mol. The number of hydrogen-bond donors (Lipinski definition) is 2. The Bertz CT molecular complexity index is 1030. The second-order valence-corrected chi connectivity index (χ2v) is 8.88. The van der Waals surface area contributed by atoms with Gasteiger partial charge in [-0.15, -0.1) is 0 Å². The van der Waals surface area contributed by atoms with Crippen molar-refractivity contribution in [3.8, 4) is 17.6 Å². The van der Waals surface area contributed by atoms with Gasteiger partial charge >= 0.3 is 6.03 Å². The van der Waals surface area contributed by atoms with Gasteiger partial charge in [-0.3, -0.25) is 0 Å². The number of ether oxygens (including phenoxy) is 2. The van der Waals surface area contributed by atoms with Gasteiger partial charge in [-0.2, -0.15) is 5.26 Å². The van der Waals surface area contributed by atoms with E-state index in [1.165, 1.54) is 5.56 Å². The van der Waals surface area contributed by atoms with Crippen molar-refractivity contribution in [3.63, 3.8) is 0 Å². The molecular formula is C25H30N4O3. The van der Waals surface area contributed by atoms with Crippen LogP contribution in [-0.2, 0) is 5.41 Å². The number of urea groups is 1. The highest BCUT2D eigenvalue weighted by molar-refractivity contribution is 5.89. The highest BCUT2D eigenvalue weighted by Gasteiger charge is 2.50. The smallest absolute Gasteiger partial charge is 0.319 e. The molecule has 0 aromatic heterocycles. The highest BCUT2D eigenvalue weighted by Crippen LogP contribution is 2.49. The second kappa shape index (κ2) is 9.09. The zero-order valence-electron chi connectivity index (χ0n) is 18.9. The number of nitrogens with one attached hydrogen (secondary N) is 2. The van der Waals surface area contributed by atoms with E-state index in [1.807, 2.05) is 6.07 Å². The number of likely N-dealkylation sites (N-methyl/N-ethyl adjacent to an activating group) is 1. The summed E-state index contributed by atoms with van der Waals surface area (Å²) < 4.78 is 11.0. The number of rotatable bonds is 5. The lowest BCUT2D eigenvalue weighted by atomic mass is 9.63. The maximum absolute atomic E-state index is 12.6. The molecule has 32 heavy (non-hydrogen) atoms. The summed E-state index contributed by atoms with van der Waals surface area (Å²) in [6, 6.07) is 15.2. The van der Waals surface area contributed by atoms with Gasteiger partial charge in [0.15, 0.2) is 11.5 Å². The number of anilines is 1. The molecule has 2 aliphatic rings. The molecule has 2 N–H and O–H groups in total. The summed E-state index contributed by atoms with van der Waals surface area (Å²) in [6.07, 6.45) is 2.82. The van der Waals surface area contributed by atoms with E-state index in [9.17, 15) is 4.79 Å². The summed E-state index contributed by atoms with van der Waals surface area (Å²) in [5.41, 5.74) is 2.47. The third-order valence-corrected chi connectivity index (χ3v) is 6.92. The Labute approximate surface area is 189 Å². The van der Waals surface area contributed by atoms with E-state index in [1.54, 1.807) is 38.5 Å². The Morgan fingerprint density at radius 2 is 2.00 bits per heavy atom. The molecule has 1 saturated heterocycles. The van der Waals surface area contributed by atoms with E-state index >= 15 is 0 Å². The van der Waals surface area contributed by atoms with Crippen molar-refractivity contribution < 1.29 is 14.3 Å². The number of methoxy groups -OCH3 is 2. The number of carbonyl (C=O) groups is 1. The molecule has 0 radical (unpaired) electrons. The van der Waals surface area contributed by atoms with E-state index in [0.717, 1.165) is 43.9 Å². The van der Waals surface area contributed by atoms with E-state index < -0.39 is 0 Å². The first-order valence-electron chi connectivity index (χ1n) is 11.0. The molecule has 7 nitrogen and oxygen atoms in total. The van der Waals surface area contributed by atoms with E-state index in [0.29, 0.717) is 17.2 Å². The maximum atomic E-state index is 12.6. The Kier molecular flexibility index (Phi) is 6.24. The lowest BCUT2D eigenvalue weighted by Crippen LogP contribution is -2.48. The minimum atomic E-state index is -0.227. The summed E-state index contributed by atoms with van der Waals surface area (Å²) >= 11 is 0. The predicted octanol–water partition coefficient (Wildman–Crippen LogP) is 3.75. The molecule has 1 aliphatic carbocycles. The van der Waals surface area contributed by atoms with Gasteiger partial charge in [-0.25, -0.2) is 4.79 Å². The maximum Gasteiger partial charge on any atom is 0.319 e. The number of nitriles is 1. The highest BCUT2D eigenvalue weighted by atomic mass is 16.5. The molecule has 2 aromatic carbocycles. The van der Waals surface area contributed by atoms with Gasteiger partial charge in [-0.1, -0.05) is 12.1 Å². The van der Waals surface area contributed by atoms with Gasteiger partial charge in [-0.05, 0) is 68.1 Å².